The smallest absolute Gasteiger partial charge is 0.315 e. The number of urea groups is 1. The van der Waals surface area contributed by atoms with E-state index in [1.165, 1.54) is 4.90 Å². The van der Waals surface area contributed by atoms with E-state index in [-0.39, 0.29) is 36.6 Å². The van der Waals surface area contributed by atoms with Crippen LogP contribution in [0.4, 0.5) is 4.79 Å². The van der Waals surface area contributed by atoms with E-state index in [0.717, 1.165) is 37.0 Å². The summed E-state index contributed by atoms with van der Waals surface area (Å²) in [5, 5.41) is 8.94. The van der Waals surface area contributed by atoms with E-state index in [1.54, 1.807) is 11.8 Å². The van der Waals surface area contributed by atoms with Crippen LogP contribution >= 0.6 is 11.8 Å². The lowest BCUT2D eigenvalue weighted by molar-refractivity contribution is -0.151. The number of hydrogen-bond acceptors (Lipinski definition) is 6. The summed E-state index contributed by atoms with van der Waals surface area (Å²) in [6.45, 7) is 12.0. The summed E-state index contributed by atoms with van der Waals surface area (Å²) in [5.41, 5.74) is 3.83. The number of Topliss-reactive ketones (excluding diaryl/α,β-unsaturated/α-hetero) is 1. The number of rotatable bonds is 12. The third-order valence-electron chi connectivity index (χ3n) is 9.78. The number of nitrogens with two attached hydrogens (primary N) is 1. The molecular weight excluding hydrogens is 614 g/mol. The number of nitrogens with one attached hydrogen (secondary N) is 3. The molecule has 0 bridgehead atoms. The molecule has 1 aromatic rings. The topological polar surface area (TPSA) is 151 Å². The van der Waals surface area contributed by atoms with Crippen molar-refractivity contribution in [2.45, 2.75) is 121 Å². The number of piperidine rings is 1. The summed E-state index contributed by atoms with van der Waals surface area (Å²) in [6.07, 6.45) is 10.7. The highest BCUT2D eigenvalue weighted by Crippen LogP contribution is 2.40. The van der Waals surface area contributed by atoms with Gasteiger partial charge in [-0.25, -0.2) is 4.79 Å². The molecule has 10 nitrogen and oxygen atoms in total. The molecule has 1 heterocycles. The molecule has 11 heteroatoms. The van der Waals surface area contributed by atoms with Crippen molar-refractivity contribution in [3.8, 4) is 12.3 Å². The van der Waals surface area contributed by atoms with Gasteiger partial charge in [0.2, 0.25) is 17.6 Å². The Bertz CT molecular complexity index is 1330. The van der Waals surface area contributed by atoms with Crippen molar-refractivity contribution in [1.82, 2.24) is 20.9 Å². The van der Waals surface area contributed by atoms with Crippen molar-refractivity contribution in [2.75, 3.05) is 12.3 Å². The fraction of sp³-hybridized carbons (Fsp3) is 0.639. The lowest BCUT2D eigenvalue weighted by atomic mass is 9.71. The van der Waals surface area contributed by atoms with Crippen LogP contribution in [0, 0.1) is 29.1 Å². The number of terminal acetylenes is 1. The second-order valence-corrected chi connectivity index (χ2v) is 16.0. The van der Waals surface area contributed by atoms with E-state index in [4.69, 9.17) is 12.2 Å². The summed E-state index contributed by atoms with van der Waals surface area (Å²) in [5.74, 6) is 0.115. The monoisotopic (exact) mass is 667 g/mol. The van der Waals surface area contributed by atoms with Crippen LogP contribution in [0.3, 0.4) is 0 Å². The average molecular weight is 668 g/mol. The number of amides is 5. The number of carbonyl (C=O) groups excluding carboxylic acids is 5. The molecule has 47 heavy (non-hydrogen) atoms. The molecule has 2 aliphatic rings. The van der Waals surface area contributed by atoms with Gasteiger partial charge in [0.25, 0.3) is 5.91 Å². The van der Waals surface area contributed by atoms with Crippen molar-refractivity contribution in [1.29, 1.82) is 0 Å². The molecule has 5 N–H and O–H groups in total. The predicted octanol–water partition coefficient (Wildman–Crippen LogP) is 4.41. The Morgan fingerprint density at radius 2 is 1.70 bits per heavy atom. The largest absolute Gasteiger partial charge is 0.363 e. The van der Waals surface area contributed by atoms with Gasteiger partial charge in [-0.1, -0.05) is 79.0 Å². The van der Waals surface area contributed by atoms with Crippen molar-refractivity contribution in [3.63, 3.8) is 0 Å². The Balaban J connectivity index is 1.85. The average Bonchev–Trinajstić information content (AvgIpc) is 3.01. The molecule has 1 aliphatic heterocycles. The van der Waals surface area contributed by atoms with Crippen LogP contribution in [-0.4, -0.2) is 70.4 Å². The van der Waals surface area contributed by atoms with Gasteiger partial charge < -0.3 is 26.6 Å². The summed E-state index contributed by atoms with van der Waals surface area (Å²) >= 11 is 1.71. The highest BCUT2D eigenvalue weighted by atomic mass is 32.2. The quantitative estimate of drug-likeness (QED) is 0.147. The van der Waals surface area contributed by atoms with Crippen molar-refractivity contribution >= 4 is 41.3 Å². The van der Waals surface area contributed by atoms with Crippen molar-refractivity contribution < 1.29 is 24.0 Å². The van der Waals surface area contributed by atoms with E-state index in [9.17, 15) is 24.0 Å². The van der Waals surface area contributed by atoms with Crippen LogP contribution in [-0.2, 0) is 19.2 Å². The lowest BCUT2D eigenvalue weighted by Crippen LogP contribution is -2.66. The normalized spacial score (nSPS) is 21.8. The summed E-state index contributed by atoms with van der Waals surface area (Å²) in [4.78, 5) is 69.0. The first-order chi connectivity index (χ1) is 22.0. The van der Waals surface area contributed by atoms with E-state index in [2.05, 4.69) is 34.0 Å². The van der Waals surface area contributed by atoms with Gasteiger partial charge in [0.15, 0.2) is 0 Å². The SMILES string of the molecule is C#CCCC(NC(=O)[C@@H]1CC(C)(C)C(C)CN1C(=O)[C@@H](NC(=O)NC1(CSc2ccccc2)CCCCC1)C(C)(C)C)C(=O)C(N)=O. The molecular formula is C36H53N5O5S. The van der Waals surface area contributed by atoms with Crippen LogP contribution in [0.15, 0.2) is 35.2 Å². The molecule has 0 radical (unpaired) electrons. The van der Waals surface area contributed by atoms with Crippen molar-refractivity contribution in [3.05, 3.63) is 30.3 Å². The molecule has 2 unspecified atom stereocenters. The van der Waals surface area contributed by atoms with Crippen LogP contribution in [0.25, 0.3) is 0 Å². The Morgan fingerprint density at radius 3 is 2.28 bits per heavy atom. The Kier molecular flexibility index (Phi) is 13.0. The van der Waals surface area contributed by atoms with Gasteiger partial charge in [-0.15, -0.1) is 24.1 Å². The fourth-order valence-corrected chi connectivity index (χ4v) is 7.54. The van der Waals surface area contributed by atoms with Gasteiger partial charge in [0.05, 0.1) is 11.6 Å². The number of primary amides is 1. The second-order valence-electron chi connectivity index (χ2n) is 15.0. The summed E-state index contributed by atoms with van der Waals surface area (Å²) in [7, 11) is 0. The van der Waals surface area contributed by atoms with E-state index in [1.807, 2.05) is 59.7 Å². The molecule has 0 aromatic heterocycles. The number of ketones is 1. The minimum atomic E-state index is -1.20. The summed E-state index contributed by atoms with van der Waals surface area (Å²) < 4.78 is 0. The zero-order valence-electron chi connectivity index (χ0n) is 28.8. The minimum absolute atomic E-state index is 0.0370. The first-order valence-corrected chi connectivity index (χ1v) is 17.6. The fourth-order valence-electron chi connectivity index (χ4n) is 6.39. The highest BCUT2D eigenvalue weighted by molar-refractivity contribution is 7.99. The molecule has 0 spiro atoms. The van der Waals surface area contributed by atoms with E-state index >= 15 is 0 Å². The molecule has 1 saturated carbocycles. The maximum Gasteiger partial charge on any atom is 0.315 e. The molecule has 2 fully saturated rings. The standard InChI is InChI=1S/C36H53N5O5S/c1-8-9-18-26(28(42)30(37)43)38-31(44)27-21-35(6,7)24(2)22-41(27)32(45)29(34(3,4)5)39-33(46)40-36(19-14-11-15-20-36)23-47-25-16-12-10-13-17-25/h1,10,12-13,16-17,24,26-27,29H,9,11,14-15,18-23H2,2-7H3,(H2,37,43)(H,38,44)(H2,39,40,46)/t24?,26?,27-,29+/m0/s1. The van der Waals surface area contributed by atoms with Gasteiger partial charge in [0, 0.05) is 23.6 Å². The van der Waals surface area contributed by atoms with Gasteiger partial charge in [-0.3, -0.25) is 19.2 Å². The number of likely N-dealkylation sites (tertiary alicyclic amines) is 1. The molecule has 1 aromatic carbocycles. The second kappa shape index (κ2) is 16.1. The van der Waals surface area contributed by atoms with Crippen LogP contribution in [0.5, 0.6) is 0 Å². The molecule has 1 aliphatic carbocycles. The third kappa shape index (κ3) is 10.2. The number of hydrogen-bond donors (Lipinski definition) is 4. The predicted molar refractivity (Wildman–Crippen MR) is 185 cm³/mol. The maximum atomic E-state index is 14.5. The number of carbonyl (C=O) groups is 5. The molecule has 5 amide bonds. The Morgan fingerprint density at radius 1 is 1.06 bits per heavy atom. The van der Waals surface area contributed by atoms with Gasteiger partial charge in [-0.05, 0) is 54.6 Å². The zero-order valence-corrected chi connectivity index (χ0v) is 29.6. The molecule has 3 rings (SSSR count). The van der Waals surface area contributed by atoms with Gasteiger partial charge in [0.1, 0.15) is 12.1 Å². The lowest BCUT2D eigenvalue weighted by Gasteiger charge is -2.49. The van der Waals surface area contributed by atoms with Crippen molar-refractivity contribution in [2.24, 2.45) is 22.5 Å². The van der Waals surface area contributed by atoms with E-state index < -0.39 is 52.7 Å². The zero-order chi connectivity index (χ0) is 35.0. The number of nitrogens with zero attached hydrogens (tertiary/aromatic N) is 1. The van der Waals surface area contributed by atoms with E-state index in [0.29, 0.717) is 12.2 Å². The minimum Gasteiger partial charge on any atom is -0.363 e. The number of benzene rings is 1. The molecule has 4 atom stereocenters. The van der Waals surface area contributed by atoms with Crippen LogP contribution in [0.2, 0.25) is 0 Å². The molecule has 1 saturated heterocycles. The molecule has 258 valence electrons. The number of thioether (sulfide) groups is 1. The maximum absolute atomic E-state index is 14.5. The van der Waals surface area contributed by atoms with Gasteiger partial charge in [-0.2, -0.15) is 0 Å². The summed E-state index contributed by atoms with van der Waals surface area (Å²) in [6, 6.07) is 6.60. The Labute approximate surface area is 284 Å². The third-order valence-corrected chi connectivity index (χ3v) is 11.1. The van der Waals surface area contributed by atoms with Gasteiger partial charge >= 0.3 is 6.03 Å². The Hall–Kier alpha value is -3.52. The highest BCUT2D eigenvalue weighted by Gasteiger charge is 2.48. The van der Waals surface area contributed by atoms with Crippen LogP contribution < -0.4 is 21.7 Å². The van der Waals surface area contributed by atoms with Crippen LogP contribution in [0.1, 0.15) is 92.9 Å². The first-order valence-electron chi connectivity index (χ1n) is 16.6. The first kappa shape index (κ1) is 37.9.